The lowest BCUT2D eigenvalue weighted by Gasteiger charge is -1.94. The van der Waals surface area contributed by atoms with Crippen molar-refractivity contribution in [2.45, 2.75) is 0 Å². The first-order valence-electron chi connectivity index (χ1n) is 2.49. The SMILES string of the molecule is O=C(O)COC(C(=O)O)=S(=O)=O. The monoisotopic (exact) mass is 196 g/mol. The highest BCUT2D eigenvalue weighted by atomic mass is 32.2. The maximum atomic E-state index is 10.0. The highest BCUT2D eigenvalue weighted by molar-refractivity contribution is 7.74. The van der Waals surface area contributed by atoms with Gasteiger partial charge in [0.25, 0.3) is 15.3 Å². The molecule has 0 radical (unpaired) electrons. The summed E-state index contributed by atoms with van der Waals surface area (Å²) in [5, 5.41) is 14.8. The molecule has 0 fully saturated rings. The fourth-order valence-corrected chi connectivity index (χ4v) is 0.606. The highest BCUT2D eigenvalue weighted by Gasteiger charge is 2.13. The zero-order valence-electron chi connectivity index (χ0n) is 5.55. The number of carbonyl (C=O) groups is 2. The molecule has 2 N–H and O–H groups in total. The van der Waals surface area contributed by atoms with Gasteiger partial charge >= 0.3 is 11.9 Å². The average molecular weight is 196 g/mol. The normalized spacial score (nSPS) is 9.00. The summed E-state index contributed by atoms with van der Waals surface area (Å²) in [5.74, 6) is -3.29. The molecule has 0 aliphatic carbocycles. The van der Waals surface area contributed by atoms with Crippen molar-refractivity contribution in [2.75, 3.05) is 6.61 Å². The van der Waals surface area contributed by atoms with E-state index < -0.39 is 33.9 Å². The summed E-state index contributed by atoms with van der Waals surface area (Å²) >= 11 is 0. The Morgan fingerprint density at radius 1 is 1.25 bits per heavy atom. The Hall–Kier alpha value is -1.41. The largest absolute Gasteiger partial charge is 0.480 e. The third-order valence-electron chi connectivity index (χ3n) is 0.653. The third-order valence-corrected chi connectivity index (χ3v) is 1.25. The number of carboxylic acids is 2. The molecule has 0 bridgehead atoms. The highest BCUT2D eigenvalue weighted by Crippen LogP contribution is 1.80. The summed E-state index contributed by atoms with van der Waals surface area (Å²) < 4.78 is 24.0. The molecule has 0 rings (SSSR count). The molecule has 0 aromatic heterocycles. The summed E-state index contributed by atoms with van der Waals surface area (Å²) in [6.07, 6.45) is 0. The van der Waals surface area contributed by atoms with Crippen molar-refractivity contribution in [3.8, 4) is 0 Å². The number of ether oxygens (including phenoxy) is 1. The standard InChI is InChI=1S/C4H4O7S/c5-2(6)1-11-4(3(7)8)12(9)10/h1H2,(H,5,6)(H,7,8). The molecular formula is C4H4O7S. The van der Waals surface area contributed by atoms with Crippen LogP contribution in [0, 0.1) is 0 Å². The third kappa shape index (κ3) is 3.68. The van der Waals surface area contributed by atoms with Crippen LogP contribution >= 0.6 is 0 Å². The van der Waals surface area contributed by atoms with Crippen LogP contribution in [0.25, 0.3) is 0 Å². The first kappa shape index (κ1) is 10.6. The van der Waals surface area contributed by atoms with Crippen LogP contribution in [0.2, 0.25) is 0 Å². The molecule has 0 saturated carbocycles. The van der Waals surface area contributed by atoms with Crippen molar-refractivity contribution in [3.63, 3.8) is 0 Å². The van der Waals surface area contributed by atoms with Gasteiger partial charge in [0.2, 0.25) is 0 Å². The van der Waals surface area contributed by atoms with Crippen molar-refractivity contribution in [3.05, 3.63) is 0 Å². The summed E-state index contributed by atoms with van der Waals surface area (Å²) in [6.45, 7) is -1.00. The van der Waals surface area contributed by atoms with E-state index in [2.05, 4.69) is 4.74 Å². The molecule has 0 amide bonds. The van der Waals surface area contributed by atoms with Crippen LogP contribution in [0.15, 0.2) is 0 Å². The maximum absolute atomic E-state index is 10.0. The predicted molar refractivity (Wildman–Crippen MR) is 35.2 cm³/mol. The van der Waals surface area contributed by atoms with E-state index in [0.717, 1.165) is 0 Å². The molecule has 0 atom stereocenters. The first-order valence-corrected chi connectivity index (χ1v) is 3.56. The lowest BCUT2D eigenvalue weighted by Crippen LogP contribution is -2.21. The van der Waals surface area contributed by atoms with Crippen molar-refractivity contribution in [1.29, 1.82) is 0 Å². The lowest BCUT2D eigenvalue weighted by molar-refractivity contribution is -0.140. The Labute approximate surface area is 67.7 Å². The van der Waals surface area contributed by atoms with Crippen LogP contribution in [0.3, 0.4) is 0 Å². The Balaban J connectivity index is 4.51. The number of rotatable bonds is 2. The summed E-state index contributed by atoms with van der Waals surface area (Å²) in [7, 11) is -3.07. The van der Waals surface area contributed by atoms with E-state index in [-0.39, 0.29) is 0 Å². The number of hydrogen-bond donors (Lipinski definition) is 2. The Morgan fingerprint density at radius 2 is 1.75 bits per heavy atom. The second-order valence-corrected chi connectivity index (χ2v) is 2.35. The van der Waals surface area contributed by atoms with E-state index in [1.807, 2.05) is 0 Å². The van der Waals surface area contributed by atoms with Gasteiger partial charge in [0.05, 0.1) is 0 Å². The Morgan fingerprint density at radius 3 is 2.00 bits per heavy atom. The van der Waals surface area contributed by atoms with Gasteiger partial charge in [-0.3, -0.25) is 0 Å². The molecule has 0 aromatic rings. The molecule has 0 saturated heterocycles. The van der Waals surface area contributed by atoms with Gasteiger partial charge in [-0.15, -0.1) is 0 Å². The molecule has 0 spiro atoms. The number of aliphatic carboxylic acids is 2. The molecule has 0 heterocycles. The van der Waals surface area contributed by atoms with Crippen LogP contribution in [0.4, 0.5) is 0 Å². The molecule has 0 aliphatic rings. The zero-order chi connectivity index (χ0) is 9.72. The van der Waals surface area contributed by atoms with Gasteiger partial charge in [0.1, 0.15) is 0 Å². The molecule has 0 aliphatic heterocycles. The maximum Gasteiger partial charge on any atom is 0.375 e. The van der Waals surface area contributed by atoms with E-state index in [9.17, 15) is 18.0 Å². The van der Waals surface area contributed by atoms with Crippen molar-refractivity contribution in [2.24, 2.45) is 0 Å². The van der Waals surface area contributed by atoms with Crippen LogP contribution < -0.4 is 0 Å². The van der Waals surface area contributed by atoms with Crippen LogP contribution in [-0.4, -0.2) is 42.2 Å². The quantitative estimate of drug-likeness (QED) is 0.499. The summed E-state index contributed by atoms with van der Waals surface area (Å²) in [6, 6.07) is 0. The Bertz CT molecular complexity index is 315. The second kappa shape index (κ2) is 4.46. The molecular weight excluding hydrogens is 192 g/mol. The van der Waals surface area contributed by atoms with E-state index in [0.29, 0.717) is 0 Å². The molecule has 12 heavy (non-hydrogen) atoms. The topological polar surface area (TPSA) is 118 Å². The van der Waals surface area contributed by atoms with Crippen molar-refractivity contribution < 1.29 is 33.0 Å². The number of hydrogen-bond acceptors (Lipinski definition) is 5. The van der Waals surface area contributed by atoms with E-state index in [4.69, 9.17) is 10.2 Å². The smallest absolute Gasteiger partial charge is 0.375 e. The number of carboxylic acid groups (broad SMARTS) is 2. The van der Waals surface area contributed by atoms with E-state index >= 15 is 0 Å². The van der Waals surface area contributed by atoms with Crippen molar-refractivity contribution in [1.82, 2.24) is 0 Å². The molecule has 8 heteroatoms. The minimum Gasteiger partial charge on any atom is -0.480 e. The van der Waals surface area contributed by atoms with Crippen LogP contribution in [0.1, 0.15) is 0 Å². The minimum atomic E-state index is -3.07. The van der Waals surface area contributed by atoms with Gasteiger partial charge in [-0.2, -0.15) is 8.42 Å². The first-order chi connectivity index (χ1) is 5.45. The minimum absolute atomic E-state index is 1.00. The van der Waals surface area contributed by atoms with Gasteiger partial charge in [0, 0.05) is 0 Å². The lowest BCUT2D eigenvalue weighted by atomic mass is 10.7. The van der Waals surface area contributed by atoms with Crippen LogP contribution in [0.5, 0.6) is 0 Å². The molecule has 7 nitrogen and oxygen atoms in total. The van der Waals surface area contributed by atoms with E-state index in [1.54, 1.807) is 0 Å². The van der Waals surface area contributed by atoms with E-state index in [1.165, 1.54) is 0 Å². The van der Waals surface area contributed by atoms with Gasteiger partial charge in [-0.1, -0.05) is 0 Å². The second-order valence-electron chi connectivity index (χ2n) is 1.51. The fraction of sp³-hybridized carbons (Fsp3) is 0.250. The fourth-order valence-electron chi connectivity index (χ4n) is 0.308. The predicted octanol–water partition coefficient (Wildman–Crippen LogP) is -1.82. The zero-order valence-corrected chi connectivity index (χ0v) is 6.37. The molecule has 0 aromatic carbocycles. The van der Waals surface area contributed by atoms with Gasteiger partial charge in [-0.25, -0.2) is 9.59 Å². The summed E-state index contributed by atoms with van der Waals surface area (Å²) in [4.78, 5) is 19.8. The molecule has 68 valence electrons. The average Bonchev–Trinajstić information content (AvgIpc) is 1.84. The van der Waals surface area contributed by atoms with Crippen LogP contribution in [-0.2, 0) is 24.6 Å². The summed E-state index contributed by atoms with van der Waals surface area (Å²) in [5.41, 5.74) is 0. The van der Waals surface area contributed by atoms with Gasteiger partial charge in [0.15, 0.2) is 6.61 Å². The molecule has 0 unspecified atom stereocenters. The van der Waals surface area contributed by atoms with Gasteiger partial charge in [-0.05, 0) is 0 Å². The Kier molecular flexibility index (Phi) is 3.94. The van der Waals surface area contributed by atoms with Crippen molar-refractivity contribution >= 4 is 27.3 Å². The van der Waals surface area contributed by atoms with Gasteiger partial charge < -0.3 is 14.9 Å².